The zero-order valence-corrected chi connectivity index (χ0v) is 15.4. The monoisotopic (exact) mass is 399 g/mol. The predicted octanol–water partition coefficient (Wildman–Crippen LogP) is 4.49. The molecule has 0 N–H and O–H groups in total. The molecule has 0 fully saturated rings. The highest BCUT2D eigenvalue weighted by Gasteiger charge is 2.10. The molecule has 0 radical (unpaired) electrons. The second kappa shape index (κ2) is 9.00. The number of rotatable bonds is 6. The number of hydrogen-bond donors (Lipinski definition) is 0. The molecule has 0 heterocycles. The highest BCUT2D eigenvalue weighted by Crippen LogP contribution is 2.24. The maximum atomic E-state index is 12.2. The summed E-state index contributed by atoms with van der Waals surface area (Å²) in [6, 6.07) is 20.3. The molecule has 0 spiro atoms. The molecule has 3 aromatic carbocycles. The molecule has 0 bridgehead atoms. The number of nitro groups is 1. The lowest BCUT2D eigenvalue weighted by atomic mass is 10.1. The van der Waals surface area contributed by atoms with Crippen LogP contribution in [0.4, 0.5) is 5.69 Å². The molecule has 0 atom stereocenters. The smallest absolute Gasteiger partial charge is 0.338 e. The van der Waals surface area contributed by atoms with Crippen LogP contribution in [-0.2, 0) is 11.3 Å². The van der Waals surface area contributed by atoms with E-state index in [1.54, 1.807) is 18.2 Å². The van der Waals surface area contributed by atoms with Crippen LogP contribution in [0.1, 0.15) is 27.0 Å². The van der Waals surface area contributed by atoms with Crippen molar-refractivity contribution in [2.45, 2.75) is 6.61 Å². The van der Waals surface area contributed by atoms with Gasteiger partial charge in [0.05, 0.1) is 21.6 Å². The minimum Gasteiger partial charge on any atom is -0.457 e. The summed E-state index contributed by atoms with van der Waals surface area (Å²) in [5.41, 5.74) is 1.37. The van der Waals surface area contributed by atoms with E-state index < -0.39 is 10.9 Å². The Kier molecular flexibility index (Phi) is 6.02. The maximum absolute atomic E-state index is 12.2. The minimum absolute atomic E-state index is 0.0166. The lowest BCUT2D eigenvalue weighted by molar-refractivity contribution is -0.384. The average Bonchev–Trinajstić information content (AvgIpc) is 2.78. The maximum Gasteiger partial charge on any atom is 0.338 e. The van der Waals surface area contributed by atoms with Gasteiger partial charge in [0.15, 0.2) is 0 Å². The molecule has 30 heavy (non-hydrogen) atoms. The summed E-state index contributed by atoms with van der Waals surface area (Å²) in [6.07, 6.45) is 0. The number of non-ortho nitro benzene ring substituents is 1. The number of carbonyl (C=O) groups is 1. The van der Waals surface area contributed by atoms with Gasteiger partial charge >= 0.3 is 5.97 Å². The van der Waals surface area contributed by atoms with Gasteiger partial charge < -0.3 is 9.47 Å². The summed E-state index contributed by atoms with van der Waals surface area (Å²) < 4.78 is 10.9. The van der Waals surface area contributed by atoms with Crippen LogP contribution in [0, 0.1) is 32.8 Å². The molecule has 3 aromatic rings. The van der Waals surface area contributed by atoms with Crippen LogP contribution in [0.3, 0.4) is 0 Å². The Balaban J connectivity index is 1.61. The first kappa shape index (κ1) is 20.1. The van der Waals surface area contributed by atoms with Crippen molar-refractivity contribution in [1.82, 2.24) is 0 Å². The standard InChI is InChI=1S/C22H13N3O5/c23-12-17-5-10-21(11-18(17)13-24)30-20-8-3-16(4-9-20)22(26)29-14-15-1-6-19(7-2-15)25(27)28/h1-11H,14H2. The SMILES string of the molecule is N#Cc1ccc(Oc2ccc(C(=O)OCc3ccc([N+](=O)[O-])cc3)cc2)cc1C#N. The first-order valence-corrected chi connectivity index (χ1v) is 8.63. The van der Waals surface area contributed by atoms with E-state index in [4.69, 9.17) is 20.0 Å². The number of carbonyl (C=O) groups excluding carboxylic acids is 1. The Bertz CT molecular complexity index is 1170. The fourth-order valence-corrected chi connectivity index (χ4v) is 2.52. The summed E-state index contributed by atoms with van der Waals surface area (Å²) in [7, 11) is 0. The average molecular weight is 399 g/mol. The summed E-state index contributed by atoms with van der Waals surface area (Å²) in [5, 5.41) is 28.7. The second-order valence-electron chi connectivity index (χ2n) is 6.06. The van der Waals surface area contributed by atoms with Crippen LogP contribution in [0.15, 0.2) is 66.7 Å². The van der Waals surface area contributed by atoms with E-state index in [9.17, 15) is 14.9 Å². The van der Waals surface area contributed by atoms with Crippen molar-refractivity contribution < 1.29 is 19.2 Å². The first-order valence-electron chi connectivity index (χ1n) is 8.63. The Labute approximate surface area is 171 Å². The third-order valence-corrected chi connectivity index (χ3v) is 4.07. The highest BCUT2D eigenvalue weighted by atomic mass is 16.6. The number of nitriles is 2. The van der Waals surface area contributed by atoms with E-state index in [0.717, 1.165) is 0 Å². The van der Waals surface area contributed by atoms with Crippen molar-refractivity contribution in [2.24, 2.45) is 0 Å². The molecule has 0 amide bonds. The van der Waals surface area contributed by atoms with Crippen LogP contribution in [0.25, 0.3) is 0 Å². The van der Waals surface area contributed by atoms with Crippen LogP contribution >= 0.6 is 0 Å². The van der Waals surface area contributed by atoms with E-state index in [1.807, 2.05) is 12.1 Å². The fraction of sp³-hybridized carbons (Fsp3) is 0.0455. The van der Waals surface area contributed by atoms with E-state index in [1.165, 1.54) is 48.5 Å². The number of benzene rings is 3. The minimum atomic E-state index is -0.551. The van der Waals surface area contributed by atoms with Gasteiger partial charge in [-0.1, -0.05) is 0 Å². The molecule has 0 aliphatic rings. The summed E-state index contributed by atoms with van der Waals surface area (Å²) >= 11 is 0. The molecular weight excluding hydrogens is 386 g/mol. The van der Waals surface area contributed by atoms with Crippen molar-refractivity contribution >= 4 is 11.7 Å². The molecule has 3 rings (SSSR count). The number of ether oxygens (including phenoxy) is 2. The molecule has 8 heteroatoms. The number of hydrogen-bond acceptors (Lipinski definition) is 7. The number of esters is 1. The lowest BCUT2D eigenvalue weighted by Gasteiger charge is -2.08. The van der Waals surface area contributed by atoms with Crippen molar-refractivity contribution in [1.29, 1.82) is 10.5 Å². The molecule has 0 saturated heterocycles. The zero-order chi connectivity index (χ0) is 21.5. The third-order valence-electron chi connectivity index (χ3n) is 4.07. The highest BCUT2D eigenvalue weighted by molar-refractivity contribution is 5.89. The fourth-order valence-electron chi connectivity index (χ4n) is 2.52. The van der Waals surface area contributed by atoms with Crippen LogP contribution in [-0.4, -0.2) is 10.9 Å². The van der Waals surface area contributed by atoms with Gasteiger partial charge in [0.25, 0.3) is 5.69 Å². The Hall–Kier alpha value is -4.69. The topological polar surface area (TPSA) is 126 Å². The largest absolute Gasteiger partial charge is 0.457 e. The van der Waals surface area contributed by atoms with Gasteiger partial charge in [-0.15, -0.1) is 0 Å². The predicted molar refractivity (Wildman–Crippen MR) is 105 cm³/mol. The van der Waals surface area contributed by atoms with E-state index in [-0.39, 0.29) is 23.4 Å². The number of nitrogens with zero attached hydrogens (tertiary/aromatic N) is 3. The van der Waals surface area contributed by atoms with Crippen LogP contribution < -0.4 is 4.74 Å². The molecule has 8 nitrogen and oxygen atoms in total. The van der Waals surface area contributed by atoms with Gasteiger partial charge in [-0.2, -0.15) is 10.5 Å². The lowest BCUT2D eigenvalue weighted by Crippen LogP contribution is -2.05. The normalized spacial score (nSPS) is 9.80. The summed E-state index contributed by atoms with van der Waals surface area (Å²) in [6.45, 7) is -0.0166. The summed E-state index contributed by atoms with van der Waals surface area (Å²) in [5.74, 6) is 0.277. The first-order chi connectivity index (χ1) is 14.5. The Morgan fingerprint density at radius 3 is 2.13 bits per heavy atom. The van der Waals surface area contributed by atoms with Crippen molar-refractivity contribution in [3.05, 3.63) is 99.1 Å². The molecule has 146 valence electrons. The van der Waals surface area contributed by atoms with Gasteiger partial charge in [0.1, 0.15) is 30.2 Å². The quantitative estimate of drug-likeness (QED) is 0.339. The Morgan fingerprint density at radius 2 is 1.53 bits per heavy atom. The van der Waals surface area contributed by atoms with E-state index in [2.05, 4.69) is 0 Å². The zero-order valence-electron chi connectivity index (χ0n) is 15.4. The molecule has 0 aromatic heterocycles. The van der Waals surface area contributed by atoms with Crippen molar-refractivity contribution in [3.63, 3.8) is 0 Å². The van der Waals surface area contributed by atoms with Crippen molar-refractivity contribution in [3.8, 4) is 23.6 Å². The van der Waals surface area contributed by atoms with Gasteiger partial charge in [0.2, 0.25) is 0 Å². The second-order valence-corrected chi connectivity index (χ2v) is 6.06. The molecule has 0 aliphatic heterocycles. The van der Waals surface area contributed by atoms with Gasteiger partial charge in [-0.3, -0.25) is 10.1 Å². The van der Waals surface area contributed by atoms with Gasteiger partial charge in [-0.05, 0) is 60.2 Å². The molecule has 0 aliphatic carbocycles. The summed E-state index contributed by atoms with van der Waals surface area (Å²) in [4.78, 5) is 22.3. The van der Waals surface area contributed by atoms with E-state index in [0.29, 0.717) is 22.6 Å². The third kappa shape index (κ3) is 4.77. The number of nitro benzene ring substituents is 1. The van der Waals surface area contributed by atoms with Crippen LogP contribution in [0.5, 0.6) is 11.5 Å². The van der Waals surface area contributed by atoms with Crippen molar-refractivity contribution in [2.75, 3.05) is 0 Å². The van der Waals surface area contributed by atoms with Gasteiger partial charge in [0, 0.05) is 12.1 Å². The Morgan fingerprint density at radius 1 is 0.900 bits per heavy atom. The van der Waals surface area contributed by atoms with Gasteiger partial charge in [-0.25, -0.2) is 4.79 Å². The van der Waals surface area contributed by atoms with E-state index >= 15 is 0 Å². The van der Waals surface area contributed by atoms with Crippen LogP contribution in [0.2, 0.25) is 0 Å². The molecule has 0 saturated carbocycles. The molecular formula is C22H13N3O5. The molecule has 0 unspecified atom stereocenters.